The largest absolute Gasteiger partial charge is 0.299 e. The summed E-state index contributed by atoms with van der Waals surface area (Å²) >= 11 is 0. The molecular weight excluding hydrogens is 184 g/mol. The lowest BCUT2D eigenvalue weighted by Crippen LogP contribution is -2.28. The lowest BCUT2D eigenvalue weighted by atomic mass is 9.69. The highest BCUT2D eigenvalue weighted by Gasteiger charge is 2.33. The summed E-state index contributed by atoms with van der Waals surface area (Å²) < 4.78 is 0. The highest BCUT2D eigenvalue weighted by Crippen LogP contribution is 2.42. The minimum absolute atomic E-state index is 0.348. The highest BCUT2D eigenvalue weighted by molar-refractivity contribution is 5.81. The number of rotatable bonds is 3. The maximum Gasteiger partial charge on any atom is 0.135 e. The zero-order valence-corrected chi connectivity index (χ0v) is 9.49. The van der Waals surface area contributed by atoms with E-state index < -0.39 is 0 Å². The van der Waals surface area contributed by atoms with Crippen molar-refractivity contribution in [1.29, 1.82) is 0 Å². The second kappa shape index (κ2) is 4.18. The average Bonchev–Trinajstić information content (AvgIpc) is 2.18. The van der Waals surface area contributed by atoms with Crippen LogP contribution in [0.4, 0.5) is 0 Å². The van der Waals surface area contributed by atoms with Gasteiger partial charge in [0.05, 0.1) is 0 Å². The van der Waals surface area contributed by atoms with Gasteiger partial charge in [0.2, 0.25) is 0 Å². The van der Waals surface area contributed by atoms with Crippen molar-refractivity contribution in [2.24, 2.45) is 5.92 Å². The minimum Gasteiger partial charge on any atom is -0.299 e. The Morgan fingerprint density at radius 3 is 2.40 bits per heavy atom. The Morgan fingerprint density at radius 2 is 1.87 bits per heavy atom. The van der Waals surface area contributed by atoms with Gasteiger partial charge in [0.1, 0.15) is 5.78 Å². The van der Waals surface area contributed by atoms with Gasteiger partial charge in [-0.1, -0.05) is 36.8 Å². The van der Waals surface area contributed by atoms with Crippen LogP contribution in [-0.4, -0.2) is 5.78 Å². The van der Waals surface area contributed by atoms with E-state index in [-0.39, 0.29) is 0 Å². The van der Waals surface area contributed by atoms with Crippen molar-refractivity contribution in [3.05, 3.63) is 35.4 Å². The van der Waals surface area contributed by atoms with Crippen LogP contribution in [0.2, 0.25) is 0 Å². The van der Waals surface area contributed by atoms with E-state index in [1.807, 2.05) is 6.92 Å². The van der Waals surface area contributed by atoms with Gasteiger partial charge in [-0.25, -0.2) is 0 Å². The van der Waals surface area contributed by atoms with Crippen LogP contribution < -0.4 is 0 Å². The van der Waals surface area contributed by atoms with E-state index in [0.717, 1.165) is 12.8 Å². The third kappa shape index (κ3) is 2.11. The molecule has 1 saturated carbocycles. The van der Waals surface area contributed by atoms with E-state index in [1.165, 1.54) is 11.1 Å². The Kier molecular flexibility index (Phi) is 2.90. The Balaban J connectivity index is 1.94. The van der Waals surface area contributed by atoms with Gasteiger partial charge in [-0.2, -0.15) is 0 Å². The molecule has 0 unspecified atom stereocenters. The summed E-state index contributed by atoms with van der Waals surface area (Å²) in [5.74, 6) is 1.42. The highest BCUT2D eigenvalue weighted by atomic mass is 16.1. The van der Waals surface area contributed by atoms with E-state index in [0.29, 0.717) is 24.0 Å². The molecule has 0 atom stereocenters. The van der Waals surface area contributed by atoms with E-state index >= 15 is 0 Å². The zero-order valence-electron chi connectivity index (χ0n) is 9.49. The predicted octanol–water partition coefficient (Wildman–Crippen LogP) is 3.47. The third-order valence-electron chi connectivity index (χ3n) is 3.49. The lowest BCUT2D eigenvalue weighted by Gasteiger charge is -2.34. The molecule has 1 aromatic rings. The van der Waals surface area contributed by atoms with Crippen LogP contribution in [0.3, 0.4) is 0 Å². The Morgan fingerprint density at radius 1 is 1.27 bits per heavy atom. The SMILES string of the molecule is CCC(=O)C1CC(c2ccc(C)cc2)C1. The van der Waals surface area contributed by atoms with Crippen molar-refractivity contribution >= 4 is 5.78 Å². The van der Waals surface area contributed by atoms with Crippen LogP contribution in [0, 0.1) is 12.8 Å². The number of Topliss-reactive ketones (excluding diaryl/α,β-unsaturated/α-hetero) is 1. The van der Waals surface area contributed by atoms with Gasteiger partial charge in [-0.05, 0) is 31.2 Å². The van der Waals surface area contributed by atoms with Crippen LogP contribution in [0.15, 0.2) is 24.3 Å². The van der Waals surface area contributed by atoms with Crippen molar-refractivity contribution in [2.75, 3.05) is 0 Å². The molecular formula is C14H18O. The number of aryl methyl sites for hydroxylation is 1. The first-order valence-corrected chi connectivity index (χ1v) is 5.80. The summed E-state index contributed by atoms with van der Waals surface area (Å²) in [7, 11) is 0. The quantitative estimate of drug-likeness (QED) is 0.733. The molecule has 0 amide bonds. The monoisotopic (exact) mass is 202 g/mol. The first-order chi connectivity index (χ1) is 7.20. The lowest BCUT2D eigenvalue weighted by molar-refractivity contribution is -0.125. The number of ketones is 1. The van der Waals surface area contributed by atoms with Crippen LogP contribution in [0.25, 0.3) is 0 Å². The van der Waals surface area contributed by atoms with Gasteiger partial charge in [0, 0.05) is 12.3 Å². The normalized spacial score (nSPS) is 24.7. The summed E-state index contributed by atoms with van der Waals surface area (Å²) in [6, 6.07) is 8.72. The molecule has 0 spiro atoms. The molecule has 0 aromatic heterocycles. The minimum atomic E-state index is 0.348. The third-order valence-corrected chi connectivity index (χ3v) is 3.49. The zero-order chi connectivity index (χ0) is 10.8. The molecule has 1 fully saturated rings. The maximum atomic E-state index is 11.4. The van der Waals surface area contributed by atoms with Crippen LogP contribution in [-0.2, 0) is 4.79 Å². The van der Waals surface area contributed by atoms with Crippen molar-refractivity contribution in [1.82, 2.24) is 0 Å². The molecule has 0 bridgehead atoms. The summed E-state index contributed by atoms with van der Waals surface area (Å²) in [5.41, 5.74) is 2.71. The Hall–Kier alpha value is -1.11. The van der Waals surface area contributed by atoms with Gasteiger partial charge in [0.25, 0.3) is 0 Å². The first kappa shape index (κ1) is 10.4. The van der Waals surface area contributed by atoms with E-state index in [9.17, 15) is 4.79 Å². The number of hydrogen-bond donors (Lipinski definition) is 0. The predicted molar refractivity (Wildman–Crippen MR) is 61.9 cm³/mol. The Labute approximate surface area is 91.5 Å². The van der Waals surface area contributed by atoms with Gasteiger partial charge < -0.3 is 0 Å². The molecule has 0 aliphatic heterocycles. The standard InChI is InChI=1S/C14H18O/c1-3-14(15)13-8-12(9-13)11-6-4-10(2)5-7-11/h4-7,12-13H,3,8-9H2,1-2H3. The van der Waals surface area contributed by atoms with Crippen LogP contribution in [0.1, 0.15) is 43.2 Å². The molecule has 1 aliphatic rings. The Bertz CT molecular complexity index is 344. The van der Waals surface area contributed by atoms with Gasteiger partial charge in [0.15, 0.2) is 0 Å². The van der Waals surface area contributed by atoms with E-state index in [1.54, 1.807) is 0 Å². The molecule has 1 nitrogen and oxygen atoms in total. The fraction of sp³-hybridized carbons (Fsp3) is 0.500. The molecule has 0 saturated heterocycles. The van der Waals surface area contributed by atoms with Crippen molar-refractivity contribution in [3.8, 4) is 0 Å². The molecule has 1 aliphatic carbocycles. The van der Waals surface area contributed by atoms with Crippen LogP contribution >= 0.6 is 0 Å². The molecule has 0 N–H and O–H groups in total. The topological polar surface area (TPSA) is 17.1 Å². The van der Waals surface area contributed by atoms with E-state index in [4.69, 9.17) is 0 Å². The molecule has 80 valence electrons. The molecule has 0 heterocycles. The summed E-state index contributed by atoms with van der Waals surface area (Å²) in [4.78, 5) is 11.4. The summed E-state index contributed by atoms with van der Waals surface area (Å²) in [5, 5.41) is 0. The van der Waals surface area contributed by atoms with Gasteiger partial charge >= 0.3 is 0 Å². The number of carbonyl (C=O) groups is 1. The smallest absolute Gasteiger partial charge is 0.135 e. The van der Waals surface area contributed by atoms with Crippen molar-refractivity contribution in [2.45, 2.75) is 39.0 Å². The maximum absolute atomic E-state index is 11.4. The molecule has 15 heavy (non-hydrogen) atoms. The van der Waals surface area contributed by atoms with E-state index in [2.05, 4.69) is 31.2 Å². The summed E-state index contributed by atoms with van der Waals surface area (Å²) in [6.45, 7) is 4.06. The van der Waals surface area contributed by atoms with Crippen molar-refractivity contribution in [3.63, 3.8) is 0 Å². The van der Waals surface area contributed by atoms with Crippen molar-refractivity contribution < 1.29 is 4.79 Å². The fourth-order valence-electron chi connectivity index (χ4n) is 2.28. The fourth-order valence-corrected chi connectivity index (χ4v) is 2.28. The number of benzene rings is 1. The van der Waals surface area contributed by atoms with Crippen LogP contribution in [0.5, 0.6) is 0 Å². The molecule has 0 radical (unpaired) electrons. The second-order valence-electron chi connectivity index (χ2n) is 4.60. The number of carbonyl (C=O) groups excluding carboxylic acids is 1. The second-order valence-corrected chi connectivity index (χ2v) is 4.60. The summed E-state index contributed by atoms with van der Waals surface area (Å²) in [6.07, 6.45) is 2.83. The van der Waals surface area contributed by atoms with Gasteiger partial charge in [-0.15, -0.1) is 0 Å². The number of hydrogen-bond acceptors (Lipinski definition) is 1. The molecule has 2 rings (SSSR count). The molecule has 1 aromatic carbocycles. The first-order valence-electron chi connectivity index (χ1n) is 5.80. The van der Waals surface area contributed by atoms with Gasteiger partial charge in [-0.3, -0.25) is 4.79 Å². The average molecular weight is 202 g/mol. The molecule has 1 heteroatoms.